The molecule has 0 saturated carbocycles. The fourth-order valence-corrected chi connectivity index (χ4v) is 1.69. The molecule has 0 fully saturated rings. The number of halogens is 1. The molecule has 0 rings (SSSR count). The van der Waals surface area contributed by atoms with Crippen LogP contribution in [0, 0.1) is 0 Å². The molecule has 0 radical (unpaired) electrons. The molecule has 0 atom stereocenters. The predicted molar refractivity (Wildman–Crippen MR) is 65.5 cm³/mol. The van der Waals surface area contributed by atoms with Gasteiger partial charge in [0.05, 0.1) is 0 Å². The number of allylic oxidation sites excluding steroid dienone is 2. The second-order valence-corrected chi connectivity index (χ2v) is 4.30. The summed E-state index contributed by atoms with van der Waals surface area (Å²) in [6.07, 6.45) is 15.4. The molecule has 0 unspecified atom stereocenters. The first kappa shape index (κ1) is 13.2. The van der Waals surface area contributed by atoms with E-state index in [0.717, 1.165) is 0 Å². The van der Waals surface area contributed by atoms with Crippen LogP contribution in [0.2, 0.25) is 0 Å². The molecule has 0 heterocycles. The molecular formula is C12H23Br. The second kappa shape index (κ2) is 12.2. The molecule has 78 valence electrons. The van der Waals surface area contributed by atoms with E-state index in [0.29, 0.717) is 0 Å². The molecule has 0 bridgehead atoms. The molecule has 13 heavy (non-hydrogen) atoms. The van der Waals surface area contributed by atoms with E-state index < -0.39 is 0 Å². The Morgan fingerprint density at radius 3 is 2.15 bits per heavy atom. The molecule has 0 aromatic heterocycles. The first-order chi connectivity index (χ1) is 6.41. The molecule has 0 saturated heterocycles. The Kier molecular flexibility index (Phi) is 12.4. The van der Waals surface area contributed by atoms with Crippen molar-refractivity contribution in [2.24, 2.45) is 0 Å². The summed E-state index contributed by atoms with van der Waals surface area (Å²) in [6.45, 7) is 2.23. The maximum atomic E-state index is 3.45. The molecule has 0 aliphatic heterocycles. The van der Waals surface area contributed by atoms with Gasteiger partial charge >= 0.3 is 0 Å². The van der Waals surface area contributed by atoms with Gasteiger partial charge in [0.1, 0.15) is 0 Å². The van der Waals surface area contributed by atoms with Gasteiger partial charge in [-0.3, -0.25) is 0 Å². The van der Waals surface area contributed by atoms with E-state index in [9.17, 15) is 0 Å². The van der Waals surface area contributed by atoms with Crippen molar-refractivity contribution in [1.82, 2.24) is 0 Å². The van der Waals surface area contributed by atoms with Crippen LogP contribution in [0.1, 0.15) is 58.3 Å². The Balaban J connectivity index is 2.91. The highest BCUT2D eigenvalue weighted by Gasteiger charge is 1.87. The van der Waals surface area contributed by atoms with Gasteiger partial charge in [-0.05, 0) is 25.7 Å². The summed E-state index contributed by atoms with van der Waals surface area (Å²) in [5.74, 6) is 0. The minimum Gasteiger partial charge on any atom is -0.0928 e. The lowest BCUT2D eigenvalue weighted by molar-refractivity contribution is 0.640. The van der Waals surface area contributed by atoms with Crippen molar-refractivity contribution in [3.63, 3.8) is 0 Å². The molecule has 0 aromatic rings. The van der Waals surface area contributed by atoms with E-state index in [4.69, 9.17) is 0 Å². The minimum absolute atomic E-state index is 1.17. The summed E-state index contributed by atoms with van der Waals surface area (Å²) in [5, 5.41) is 1.17. The summed E-state index contributed by atoms with van der Waals surface area (Å²) in [6, 6.07) is 0. The highest BCUT2D eigenvalue weighted by atomic mass is 79.9. The van der Waals surface area contributed by atoms with Gasteiger partial charge in [0.25, 0.3) is 0 Å². The smallest absolute Gasteiger partial charge is 0.00313 e. The van der Waals surface area contributed by atoms with Gasteiger partial charge in [0.2, 0.25) is 0 Å². The Hall–Kier alpha value is 0.220. The third kappa shape index (κ3) is 12.2. The maximum absolute atomic E-state index is 3.45. The normalized spacial score (nSPS) is 11.2. The second-order valence-electron chi connectivity index (χ2n) is 3.51. The molecule has 0 nitrogen and oxygen atoms in total. The minimum atomic E-state index is 1.17. The third-order valence-electron chi connectivity index (χ3n) is 2.13. The van der Waals surface area contributed by atoms with Crippen LogP contribution in [0.5, 0.6) is 0 Å². The van der Waals surface area contributed by atoms with Crippen LogP contribution in [0.4, 0.5) is 0 Å². The monoisotopic (exact) mass is 246 g/mol. The topological polar surface area (TPSA) is 0 Å². The van der Waals surface area contributed by atoms with E-state index in [1.165, 1.54) is 56.7 Å². The molecule has 0 aliphatic carbocycles. The van der Waals surface area contributed by atoms with Gasteiger partial charge < -0.3 is 0 Å². The summed E-state index contributed by atoms with van der Waals surface area (Å²) < 4.78 is 0. The molecule has 0 aliphatic rings. The lowest BCUT2D eigenvalue weighted by atomic mass is 10.1. The van der Waals surface area contributed by atoms with Crippen LogP contribution in [0.25, 0.3) is 0 Å². The van der Waals surface area contributed by atoms with Crippen LogP contribution in [-0.4, -0.2) is 5.33 Å². The van der Waals surface area contributed by atoms with E-state index in [-0.39, 0.29) is 0 Å². The van der Waals surface area contributed by atoms with Gasteiger partial charge in [-0.15, -0.1) is 0 Å². The molecule has 0 amide bonds. The molecule has 1 heteroatoms. The molecule has 0 N–H and O–H groups in total. The largest absolute Gasteiger partial charge is 0.0928 e. The third-order valence-corrected chi connectivity index (χ3v) is 2.69. The SMILES string of the molecule is CCC/C=C/CCCCCCCBr. The van der Waals surface area contributed by atoms with Crippen molar-refractivity contribution in [2.75, 3.05) is 5.33 Å². The molecular weight excluding hydrogens is 224 g/mol. The fraction of sp³-hybridized carbons (Fsp3) is 0.833. The predicted octanol–water partition coefficient (Wildman–Crippen LogP) is 5.08. The number of alkyl halides is 1. The molecule has 0 spiro atoms. The number of unbranched alkanes of at least 4 members (excludes halogenated alkanes) is 6. The van der Waals surface area contributed by atoms with Crippen LogP contribution in [0.3, 0.4) is 0 Å². The van der Waals surface area contributed by atoms with Gasteiger partial charge in [0, 0.05) is 5.33 Å². The highest BCUT2D eigenvalue weighted by Crippen LogP contribution is 2.07. The Morgan fingerprint density at radius 1 is 0.846 bits per heavy atom. The zero-order valence-corrected chi connectivity index (χ0v) is 10.5. The van der Waals surface area contributed by atoms with E-state index in [2.05, 4.69) is 35.0 Å². The lowest BCUT2D eigenvalue weighted by Crippen LogP contribution is -1.79. The molecule has 0 aromatic carbocycles. The van der Waals surface area contributed by atoms with E-state index in [1.54, 1.807) is 0 Å². The average Bonchev–Trinajstić information content (AvgIpc) is 2.16. The van der Waals surface area contributed by atoms with Crippen LogP contribution in [-0.2, 0) is 0 Å². The Bertz CT molecular complexity index is 108. The summed E-state index contributed by atoms with van der Waals surface area (Å²) in [4.78, 5) is 0. The van der Waals surface area contributed by atoms with Crippen molar-refractivity contribution < 1.29 is 0 Å². The maximum Gasteiger partial charge on any atom is 0.00313 e. The summed E-state index contributed by atoms with van der Waals surface area (Å²) in [5.41, 5.74) is 0. The summed E-state index contributed by atoms with van der Waals surface area (Å²) in [7, 11) is 0. The van der Waals surface area contributed by atoms with E-state index in [1.807, 2.05) is 0 Å². The van der Waals surface area contributed by atoms with Crippen LogP contribution >= 0.6 is 15.9 Å². The van der Waals surface area contributed by atoms with Crippen molar-refractivity contribution in [3.8, 4) is 0 Å². The summed E-state index contributed by atoms with van der Waals surface area (Å²) >= 11 is 3.45. The van der Waals surface area contributed by atoms with Crippen molar-refractivity contribution in [3.05, 3.63) is 12.2 Å². The van der Waals surface area contributed by atoms with Crippen LogP contribution < -0.4 is 0 Å². The quantitative estimate of drug-likeness (QED) is 0.303. The number of hydrogen-bond donors (Lipinski definition) is 0. The number of rotatable bonds is 9. The Morgan fingerprint density at radius 2 is 1.46 bits per heavy atom. The zero-order chi connectivity index (χ0) is 9.78. The fourth-order valence-electron chi connectivity index (χ4n) is 1.29. The van der Waals surface area contributed by atoms with Crippen molar-refractivity contribution in [1.29, 1.82) is 0 Å². The van der Waals surface area contributed by atoms with E-state index >= 15 is 0 Å². The average molecular weight is 247 g/mol. The Labute approximate surface area is 91.9 Å². The van der Waals surface area contributed by atoms with Gasteiger partial charge in [-0.25, -0.2) is 0 Å². The van der Waals surface area contributed by atoms with Crippen molar-refractivity contribution in [2.45, 2.75) is 58.3 Å². The lowest BCUT2D eigenvalue weighted by Gasteiger charge is -1.96. The first-order valence-corrected chi connectivity index (χ1v) is 6.75. The van der Waals surface area contributed by atoms with Crippen molar-refractivity contribution >= 4 is 15.9 Å². The first-order valence-electron chi connectivity index (χ1n) is 5.62. The van der Waals surface area contributed by atoms with Gasteiger partial charge in [-0.2, -0.15) is 0 Å². The zero-order valence-electron chi connectivity index (χ0n) is 8.90. The highest BCUT2D eigenvalue weighted by molar-refractivity contribution is 9.09. The van der Waals surface area contributed by atoms with Gasteiger partial charge in [-0.1, -0.05) is 60.7 Å². The number of hydrogen-bond acceptors (Lipinski definition) is 0. The van der Waals surface area contributed by atoms with Gasteiger partial charge in [0.15, 0.2) is 0 Å². The van der Waals surface area contributed by atoms with Crippen LogP contribution in [0.15, 0.2) is 12.2 Å². The standard InChI is InChI=1S/C12H23Br/c1-2-3-4-5-6-7-8-9-10-11-12-13/h4-5H,2-3,6-12H2,1H3/b5-4+.